The van der Waals surface area contributed by atoms with E-state index >= 15 is 0 Å². The normalized spacial score (nSPS) is 11.1. The molecule has 0 saturated carbocycles. The first kappa shape index (κ1) is 19.2. The van der Waals surface area contributed by atoms with Crippen molar-refractivity contribution >= 4 is 34.4 Å². The number of nitrogens with one attached hydrogen (secondary N) is 1. The van der Waals surface area contributed by atoms with Gasteiger partial charge in [-0.25, -0.2) is 0 Å². The molecule has 0 aliphatic heterocycles. The number of anilines is 1. The van der Waals surface area contributed by atoms with E-state index in [1.54, 1.807) is 4.80 Å². The molecule has 1 heterocycles. The van der Waals surface area contributed by atoms with E-state index in [-0.39, 0.29) is 5.91 Å². The molecule has 0 radical (unpaired) electrons. The van der Waals surface area contributed by atoms with E-state index in [1.165, 1.54) is 17.3 Å². The molecule has 0 aliphatic rings. The number of carbonyl (C=O) groups excluding carboxylic acids is 1. The summed E-state index contributed by atoms with van der Waals surface area (Å²) in [5.74, 6) is 0.798. The van der Waals surface area contributed by atoms with Crippen molar-refractivity contribution in [1.82, 2.24) is 15.0 Å². The van der Waals surface area contributed by atoms with Gasteiger partial charge in [0.25, 0.3) is 0 Å². The van der Waals surface area contributed by atoms with Crippen molar-refractivity contribution in [2.24, 2.45) is 0 Å². The van der Waals surface area contributed by atoms with Gasteiger partial charge in [0.15, 0.2) is 0 Å². The third-order valence-corrected chi connectivity index (χ3v) is 5.58. The lowest BCUT2D eigenvalue weighted by Crippen LogP contribution is -2.13. The molecule has 3 aromatic carbocycles. The van der Waals surface area contributed by atoms with Crippen molar-refractivity contribution in [2.45, 2.75) is 24.7 Å². The zero-order valence-corrected chi connectivity index (χ0v) is 17.2. The molecule has 1 amide bonds. The van der Waals surface area contributed by atoms with Crippen LogP contribution in [0.3, 0.4) is 0 Å². The molecule has 6 heteroatoms. The fourth-order valence-corrected chi connectivity index (χ4v) is 3.68. The minimum atomic E-state index is -0.0464. The van der Waals surface area contributed by atoms with Crippen LogP contribution in [0.5, 0.6) is 0 Å². The highest BCUT2D eigenvalue weighted by molar-refractivity contribution is 8.00. The Balaban J connectivity index is 1.46. The number of thioether (sulfide) groups is 1. The van der Waals surface area contributed by atoms with Crippen LogP contribution in [0.15, 0.2) is 77.7 Å². The van der Waals surface area contributed by atoms with Crippen molar-refractivity contribution in [3.63, 3.8) is 0 Å². The summed E-state index contributed by atoms with van der Waals surface area (Å²) in [5, 5.41) is 12.0. The minimum absolute atomic E-state index is 0.0464. The molecule has 0 bridgehead atoms. The summed E-state index contributed by atoms with van der Waals surface area (Å²) >= 11 is 1.51. The molecular weight excluding hydrogens is 380 g/mol. The molecule has 4 aromatic rings. The van der Waals surface area contributed by atoms with Gasteiger partial charge < -0.3 is 5.32 Å². The van der Waals surface area contributed by atoms with E-state index < -0.39 is 0 Å². The van der Waals surface area contributed by atoms with Crippen molar-refractivity contribution in [2.75, 3.05) is 11.1 Å². The Morgan fingerprint density at radius 1 is 0.966 bits per heavy atom. The van der Waals surface area contributed by atoms with E-state index in [0.29, 0.717) is 11.7 Å². The first-order valence-corrected chi connectivity index (χ1v) is 10.5. The Labute approximate surface area is 174 Å². The monoisotopic (exact) mass is 402 g/mol. The number of nitrogens with zero attached hydrogens (tertiary/aromatic N) is 3. The summed E-state index contributed by atoms with van der Waals surface area (Å²) in [4.78, 5) is 15.0. The third kappa shape index (κ3) is 4.66. The van der Waals surface area contributed by atoms with E-state index in [4.69, 9.17) is 0 Å². The number of rotatable bonds is 6. The van der Waals surface area contributed by atoms with Gasteiger partial charge in [0, 0.05) is 10.6 Å². The molecule has 0 aliphatic carbocycles. The molecule has 5 nitrogen and oxygen atoms in total. The number of hydrogen-bond acceptors (Lipinski definition) is 4. The van der Waals surface area contributed by atoms with E-state index in [2.05, 4.69) is 41.5 Å². The Morgan fingerprint density at radius 2 is 1.69 bits per heavy atom. The zero-order valence-electron chi connectivity index (χ0n) is 16.4. The first-order valence-electron chi connectivity index (χ1n) is 9.53. The second kappa shape index (κ2) is 8.49. The molecule has 146 valence electrons. The summed E-state index contributed by atoms with van der Waals surface area (Å²) in [7, 11) is 0. The number of fused-ring (bicyclic) bond motifs is 1. The SMILES string of the molecule is CC(C)c1ccc(-n2nc3ccc(NC(=O)CSc4ccccc4)cc3n2)cc1. The maximum atomic E-state index is 12.3. The second-order valence-electron chi connectivity index (χ2n) is 7.09. The number of amides is 1. The van der Waals surface area contributed by atoms with Gasteiger partial charge in [0.05, 0.1) is 11.4 Å². The van der Waals surface area contributed by atoms with Crippen LogP contribution < -0.4 is 5.32 Å². The van der Waals surface area contributed by atoms with Crippen molar-refractivity contribution in [1.29, 1.82) is 0 Å². The van der Waals surface area contributed by atoms with E-state index in [9.17, 15) is 4.79 Å². The van der Waals surface area contributed by atoms with Gasteiger partial charge in [-0.3, -0.25) is 4.79 Å². The largest absolute Gasteiger partial charge is 0.325 e. The van der Waals surface area contributed by atoms with Gasteiger partial charge in [-0.2, -0.15) is 4.80 Å². The summed E-state index contributed by atoms with van der Waals surface area (Å²) < 4.78 is 0. The zero-order chi connectivity index (χ0) is 20.2. The van der Waals surface area contributed by atoms with Crippen LogP contribution in [0, 0.1) is 0 Å². The number of aromatic nitrogens is 3. The van der Waals surface area contributed by atoms with Gasteiger partial charge >= 0.3 is 0 Å². The standard InChI is InChI=1S/C23H22N4OS/c1-16(2)17-8-11-19(12-9-17)27-25-21-13-10-18(14-22(21)26-27)24-23(28)15-29-20-6-4-3-5-7-20/h3-14,16H,15H2,1-2H3,(H,24,28). The number of carbonyl (C=O) groups is 1. The smallest absolute Gasteiger partial charge is 0.234 e. The minimum Gasteiger partial charge on any atom is -0.325 e. The first-order chi connectivity index (χ1) is 14.1. The van der Waals surface area contributed by atoms with Gasteiger partial charge in [-0.1, -0.05) is 44.2 Å². The Kier molecular flexibility index (Phi) is 5.62. The predicted molar refractivity (Wildman–Crippen MR) is 119 cm³/mol. The van der Waals surface area contributed by atoms with Crippen molar-refractivity contribution in [3.05, 3.63) is 78.4 Å². The molecule has 0 fully saturated rings. The summed E-state index contributed by atoms with van der Waals surface area (Å²) in [5.41, 5.74) is 4.44. The van der Waals surface area contributed by atoms with Gasteiger partial charge in [0.1, 0.15) is 11.0 Å². The third-order valence-electron chi connectivity index (χ3n) is 4.57. The lowest BCUT2D eigenvalue weighted by molar-refractivity contribution is -0.113. The molecule has 1 N–H and O–H groups in total. The van der Waals surface area contributed by atoms with Gasteiger partial charge in [-0.15, -0.1) is 22.0 Å². The highest BCUT2D eigenvalue weighted by Gasteiger charge is 2.09. The van der Waals surface area contributed by atoms with Gasteiger partial charge in [0.2, 0.25) is 5.91 Å². The van der Waals surface area contributed by atoms with Crippen molar-refractivity contribution in [3.8, 4) is 5.69 Å². The van der Waals surface area contributed by atoms with E-state index in [0.717, 1.165) is 27.3 Å². The molecule has 29 heavy (non-hydrogen) atoms. The average molecular weight is 403 g/mol. The molecule has 4 rings (SSSR count). The topological polar surface area (TPSA) is 59.8 Å². The van der Waals surface area contributed by atoms with E-state index in [1.807, 2.05) is 60.7 Å². The van der Waals surface area contributed by atoms with Crippen LogP contribution in [0.25, 0.3) is 16.7 Å². The van der Waals surface area contributed by atoms with Crippen LogP contribution >= 0.6 is 11.8 Å². The molecular formula is C23H22N4OS. The molecule has 1 aromatic heterocycles. The molecule has 0 unspecified atom stereocenters. The van der Waals surface area contributed by atoms with Crippen molar-refractivity contribution < 1.29 is 4.79 Å². The highest BCUT2D eigenvalue weighted by Crippen LogP contribution is 2.21. The lowest BCUT2D eigenvalue weighted by atomic mass is 10.0. The summed E-state index contributed by atoms with van der Waals surface area (Å²) in [6, 6.07) is 23.7. The summed E-state index contributed by atoms with van der Waals surface area (Å²) in [6.45, 7) is 4.34. The second-order valence-corrected chi connectivity index (χ2v) is 8.14. The van der Waals surface area contributed by atoms with Crippen LogP contribution in [-0.4, -0.2) is 26.7 Å². The Bertz CT molecular complexity index is 1120. The number of benzene rings is 3. The summed E-state index contributed by atoms with van der Waals surface area (Å²) in [6.07, 6.45) is 0. The Hall–Kier alpha value is -3.12. The number of hydrogen-bond donors (Lipinski definition) is 1. The maximum absolute atomic E-state index is 12.3. The predicted octanol–water partition coefficient (Wildman–Crippen LogP) is 5.27. The fourth-order valence-electron chi connectivity index (χ4n) is 2.96. The Morgan fingerprint density at radius 3 is 2.41 bits per heavy atom. The highest BCUT2D eigenvalue weighted by atomic mass is 32.2. The molecule has 0 saturated heterocycles. The van der Waals surface area contributed by atoms with Gasteiger partial charge in [-0.05, 0) is 53.9 Å². The molecule has 0 spiro atoms. The maximum Gasteiger partial charge on any atom is 0.234 e. The average Bonchev–Trinajstić information content (AvgIpc) is 3.16. The fraction of sp³-hybridized carbons (Fsp3) is 0.174. The quantitative estimate of drug-likeness (QED) is 0.446. The van der Waals surface area contributed by atoms with Crippen LogP contribution in [0.1, 0.15) is 25.3 Å². The molecule has 0 atom stereocenters. The lowest BCUT2D eigenvalue weighted by Gasteiger charge is -2.05. The van der Waals surface area contributed by atoms with Crippen LogP contribution in [0.4, 0.5) is 5.69 Å². The van der Waals surface area contributed by atoms with Crippen LogP contribution in [-0.2, 0) is 4.79 Å². The van der Waals surface area contributed by atoms with Crippen LogP contribution in [0.2, 0.25) is 0 Å².